The zero-order valence-corrected chi connectivity index (χ0v) is 22.8. The minimum atomic E-state index is -0.706. The van der Waals surface area contributed by atoms with E-state index in [1.54, 1.807) is 53.7 Å². The van der Waals surface area contributed by atoms with Gasteiger partial charge in [0.1, 0.15) is 11.2 Å². The highest BCUT2D eigenvalue weighted by atomic mass is 35.5. The zero-order chi connectivity index (χ0) is 26.1. The van der Waals surface area contributed by atoms with Crippen molar-refractivity contribution in [2.45, 2.75) is 78.4 Å². The number of halogens is 1. The topological polar surface area (TPSA) is 83.5 Å². The van der Waals surface area contributed by atoms with E-state index < -0.39 is 23.4 Å². The average molecular weight is 509 g/mol. The van der Waals surface area contributed by atoms with Crippen molar-refractivity contribution in [3.05, 3.63) is 34.9 Å². The molecule has 1 aliphatic heterocycles. The van der Waals surface area contributed by atoms with Gasteiger partial charge < -0.3 is 14.4 Å². The van der Waals surface area contributed by atoms with Crippen LogP contribution >= 0.6 is 11.6 Å². The molecule has 0 aliphatic carbocycles. The minimum Gasteiger partial charge on any atom is -0.444 e. The molecule has 35 heavy (non-hydrogen) atoms. The Labute approximate surface area is 215 Å². The van der Waals surface area contributed by atoms with E-state index in [0.717, 1.165) is 31.6 Å². The summed E-state index contributed by atoms with van der Waals surface area (Å²) in [5.74, 6) is 0.129. The van der Waals surface area contributed by atoms with Crippen LogP contribution in [0.4, 0.5) is 9.59 Å². The largest absolute Gasteiger partial charge is 0.444 e. The normalized spacial score (nSPS) is 15.1. The first kappa shape index (κ1) is 28.9. The molecule has 2 amide bonds. The smallest absolute Gasteiger partial charge is 0.417 e. The van der Waals surface area contributed by atoms with Crippen molar-refractivity contribution in [2.75, 3.05) is 32.7 Å². The van der Waals surface area contributed by atoms with Gasteiger partial charge in [0.25, 0.3) is 0 Å². The molecule has 0 atom stereocenters. The number of aliphatic imine (C=N–C) groups is 1. The average Bonchev–Trinajstić information content (AvgIpc) is 3.23. The lowest BCUT2D eigenvalue weighted by Gasteiger charge is -2.29. The second-order valence-corrected chi connectivity index (χ2v) is 11.2. The molecule has 1 heterocycles. The summed E-state index contributed by atoms with van der Waals surface area (Å²) in [6.07, 6.45) is 2.55. The minimum absolute atomic E-state index is 0.129. The second kappa shape index (κ2) is 13.1. The standard InChI is InChI=1S/C26H41ClN4O4/c1-25(2,3)34-23(32)29-22(28-15-9-18-30-16-7-8-17-30)31(24(33)35-26(4,5)6)19-14-20-10-12-21(27)13-11-20/h10-13H,7-9,14-19H2,1-6H3,(H,28,29,32). The van der Waals surface area contributed by atoms with Gasteiger partial charge in [-0.05, 0) is 105 Å². The molecule has 8 nitrogen and oxygen atoms in total. The Hall–Kier alpha value is -2.32. The lowest BCUT2D eigenvalue weighted by molar-refractivity contribution is 0.0359. The van der Waals surface area contributed by atoms with Crippen LogP contribution in [0.2, 0.25) is 5.02 Å². The molecule has 0 unspecified atom stereocenters. The zero-order valence-electron chi connectivity index (χ0n) is 22.0. The van der Waals surface area contributed by atoms with Crippen molar-refractivity contribution in [1.29, 1.82) is 0 Å². The van der Waals surface area contributed by atoms with Gasteiger partial charge in [-0.3, -0.25) is 10.3 Å². The maximum atomic E-state index is 13.2. The number of benzene rings is 1. The van der Waals surface area contributed by atoms with Gasteiger partial charge in [0.05, 0.1) is 0 Å². The fraction of sp³-hybridized carbons (Fsp3) is 0.654. The maximum absolute atomic E-state index is 13.2. The molecule has 1 N–H and O–H groups in total. The number of nitrogens with zero attached hydrogens (tertiary/aromatic N) is 3. The number of likely N-dealkylation sites (tertiary alicyclic amines) is 1. The molecule has 1 fully saturated rings. The number of hydrogen-bond donors (Lipinski definition) is 1. The van der Waals surface area contributed by atoms with Crippen LogP contribution < -0.4 is 5.32 Å². The lowest BCUT2D eigenvalue weighted by Crippen LogP contribution is -2.50. The van der Waals surface area contributed by atoms with E-state index in [1.165, 1.54) is 17.7 Å². The van der Waals surface area contributed by atoms with Gasteiger partial charge in [0.15, 0.2) is 0 Å². The van der Waals surface area contributed by atoms with E-state index in [9.17, 15) is 9.59 Å². The second-order valence-electron chi connectivity index (χ2n) is 10.7. The van der Waals surface area contributed by atoms with Crippen LogP contribution in [0.5, 0.6) is 0 Å². The number of rotatable bonds is 7. The van der Waals surface area contributed by atoms with Crippen LogP contribution in [-0.4, -0.2) is 71.9 Å². The van der Waals surface area contributed by atoms with Gasteiger partial charge >= 0.3 is 12.2 Å². The van der Waals surface area contributed by atoms with Crippen molar-refractivity contribution < 1.29 is 19.1 Å². The first-order valence-electron chi connectivity index (χ1n) is 12.3. The predicted molar refractivity (Wildman–Crippen MR) is 140 cm³/mol. The van der Waals surface area contributed by atoms with Gasteiger partial charge in [0, 0.05) is 18.1 Å². The molecule has 2 rings (SSSR count). The Morgan fingerprint density at radius 1 is 1.03 bits per heavy atom. The summed E-state index contributed by atoms with van der Waals surface area (Å²) < 4.78 is 11.1. The molecule has 9 heteroatoms. The number of guanidine groups is 1. The van der Waals surface area contributed by atoms with Gasteiger partial charge in [-0.15, -0.1) is 0 Å². The fourth-order valence-electron chi connectivity index (χ4n) is 3.57. The van der Waals surface area contributed by atoms with E-state index in [2.05, 4.69) is 15.2 Å². The van der Waals surface area contributed by atoms with Crippen LogP contribution in [0.1, 0.15) is 66.4 Å². The van der Waals surface area contributed by atoms with Gasteiger partial charge in [-0.25, -0.2) is 14.5 Å². The molecule has 0 aromatic heterocycles. The molecule has 196 valence electrons. The van der Waals surface area contributed by atoms with Crippen LogP contribution in [0.25, 0.3) is 0 Å². The van der Waals surface area contributed by atoms with Gasteiger partial charge in [-0.2, -0.15) is 0 Å². The van der Waals surface area contributed by atoms with Crippen LogP contribution in [-0.2, 0) is 15.9 Å². The van der Waals surface area contributed by atoms with Crippen LogP contribution in [0, 0.1) is 0 Å². The van der Waals surface area contributed by atoms with Crippen molar-refractivity contribution in [3.63, 3.8) is 0 Å². The van der Waals surface area contributed by atoms with Crippen LogP contribution in [0.3, 0.4) is 0 Å². The number of carbonyl (C=O) groups excluding carboxylic acids is 2. The quantitative estimate of drug-likeness (QED) is 0.299. The summed E-state index contributed by atoms with van der Waals surface area (Å²) in [5, 5.41) is 3.34. The van der Waals surface area contributed by atoms with Gasteiger partial charge in [-0.1, -0.05) is 23.7 Å². The monoisotopic (exact) mass is 508 g/mol. The Bertz CT molecular complexity index is 854. The Kier molecular flexibility index (Phi) is 10.8. The summed E-state index contributed by atoms with van der Waals surface area (Å²) in [5.41, 5.74) is -0.401. The maximum Gasteiger partial charge on any atom is 0.417 e. The predicted octanol–water partition coefficient (Wildman–Crippen LogP) is 5.49. The number of ether oxygens (including phenoxy) is 2. The third-order valence-corrected chi connectivity index (χ3v) is 5.36. The van der Waals surface area contributed by atoms with Crippen molar-refractivity contribution in [1.82, 2.24) is 15.1 Å². The first-order valence-corrected chi connectivity index (χ1v) is 12.7. The fourth-order valence-corrected chi connectivity index (χ4v) is 3.69. The summed E-state index contributed by atoms with van der Waals surface area (Å²) in [7, 11) is 0. The molecule has 1 aromatic rings. The third-order valence-electron chi connectivity index (χ3n) is 5.11. The van der Waals surface area contributed by atoms with Crippen molar-refractivity contribution >= 4 is 29.7 Å². The molecule has 1 aliphatic rings. The molecule has 1 saturated heterocycles. The van der Waals surface area contributed by atoms with Crippen molar-refractivity contribution in [3.8, 4) is 0 Å². The summed E-state index contributed by atoms with van der Waals surface area (Å²) in [4.78, 5) is 34.2. The highest BCUT2D eigenvalue weighted by molar-refractivity contribution is 6.30. The summed E-state index contributed by atoms with van der Waals surface area (Å²) in [6, 6.07) is 7.43. The van der Waals surface area contributed by atoms with E-state index in [0.29, 0.717) is 18.0 Å². The van der Waals surface area contributed by atoms with Gasteiger partial charge in [0.2, 0.25) is 5.96 Å². The number of alkyl carbamates (subject to hydrolysis) is 1. The van der Waals surface area contributed by atoms with E-state index in [1.807, 2.05) is 12.1 Å². The Morgan fingerprint density at radius 3 is 2.20 bits per heavy atom. The molecule has 0 saturated carbocycles. The van der Waals surface area contributed by atoms with E-state index in [-0.39, 0.29) is 12.5 Å². The SMILES string of the molecule is CC(C)(C)OC(=O)NC(=NCCCN1CCCC1)N(CCc1ccc(Cl)cc1)C(=O)OC(C)(C)C. The van der Waals surface area contributed by atoms with Crippen molar-refractivity contribution in [2.24, 2.45) is 4.99 Å². The molecule has 0 bridgehead atoms. The Balaban J connectivity index is 2.22. The highest BCUT2D eigenvalue weighted by Crippen LogP contribution is 2.14. The highest BCUT2D eigenvalue weighted by Gasteiger charge is 2.28. The molecule has 0 spiro atoms. The summed E-state index contributed by atoms with van der Waals surface area (Å²) in [6.45, 7) is 14.6. The number of amides is 2. The number of carbonyl (C=O) groups is 2. The molecular weight excluding hydrogens is 468 g/mol. The molecule has 1 aromatic carbocycles. The number of nitrogens with one attached hydrogen (secondary N) is 1. The first-order chi connectivity index (χ1) is 16.3. The van der Waals surface area contributed by atoms with E-state index in [4.69, 9.17) is 21.1 Å². The van der Waals surface area contributed by atoms with E-state index >= 15 is 0 Å². The Morgan fingerprint density at radius 2 is 1.63 bits per heavy atom. The van der Waals surface area contributed by atoms with Crippen LogP contribution in [0.15, 0.2) is 29.3 Å². The molecule has 0 radical (unpaired) electrons. The summed E-state index contributed by atoms with van der Waals surface area (Å²) >= 11 is 6.01. The molecular formula is C26H41ClN4O4. The lowest BCUT2D eigenvalue weighted by atomic mass is 10.1. The third kappa shape index (κ3) is 11.8. The number of hydrogen-bond acceptors (Lipinski definition) is 6.